The van der Waals surface area contributed by atoms with Gasteiger partial charge in [-0.2, -0.15) is 5.10 Å². The Hall–Kier alpha value is -2.20. The Morgan fingerprint density at radius 3 is 2.81 bits per heavy atom. The summed E-state index contributed by atoms with van der Waals surface area (Å²) in [5.41, 5.74) is 3.96. The number of halogens is 1. The van der Waals surface area contributed by atoms with E-state index >= 15 is 0 Å². The van der Waals surface area contributed by atoms with Crippen LogP contribution in [0.4, 0.5) is 5.69 Å². The van der Waals surface area contributed by atoms with Gasteiger partial charge in [0.25, 0.3) is 0 Å². The van der Waals surface area contributed by atoms with Gasteiger partial charge in [0, 0.05) is 12.1 Å². The van der Waals surface area contributed by atoms with Crippen LogP contribution >= 0.6 is 11.6 Å². The molecule has 0 unspecified atom stereocenters. The van der Waals surface area contributed by atoms with E-state index < -0.39 is 0 Å². The quantitative estimate of drug-likeness (QED) is 0.743. The monoisotopic (exact) mass is 301 g/mol. The van der Waals surface area contributed by atoms with Crippen molar-refractivity contribution in [3.63, 3.8) is 0 Å². The number of anilines is 1. The van der Waals surface area contributed by atoms with Crippen molar-refractivity contribution in [3.05, 3.63) is 58.4 Å². The van der Waals surface area contributed by atoms with Crippen LogP contribution in [0.5, 0.6) is 0 Å². The van der Waals surface area contributed by atoms with Crippen LogP contribution in [0.1, 0.15) is 16.9 Å². The summed E-state index contributed by atoms with van der Waals surface area (Å²) in [5, 5.41) is 11.1. The Balaban J connectivity index is 1.79. The lowest BCUT2D eigenvalue weighted by Crippen LogP contribution is -2.00. The Morgan fingerprint density at radius 2 is 2.10 bits per heavy atom. The smallest absolute Gasteiger partial charge is 0.152 e. The normalized spacial score (nSPS) is 10.8. The zero-order chi connectivity index (χ0) is 14.8. The van der Waals surface area contributed by atoms with Crippen molar-refractivity contribution in [1.29, 1.82) is 0 Å². The van der Waals surface area contributed by atoms with Crippen LogP contribution in [-0.2, 0) is 6.54 Å². The van der Waals surface area contributed by atoms with Crippen molar-refractivity contribution in [2.45, 2.75) is 20.4 Å². The number of H-pyrrole nitrogens is 1. The minimum atomic E-state index is 0.619. The first kappa shape index (κ1) is 13.8. The zero-order valence-corrected chi connectivity index (χ0v) is 12.7. The third-order valence-electron chi connectivity index (χ3n) is 3.30. The molecule has 4 nitrogen and oxygen atoms in total. The highest BCUT2D eigenvalue weighted by atomic mass is 35.5. The maximum absolute atomic E-state index is 6.23. The van der Waals surface area contributed by atoms with Crippen molar-refractivity contribution < 1.29 is 4.42 Å². The second kappa shape index (κ2) is 5.66. The Bertz CT molecular complexity index is 760. The highest BCUT2D eigenvalue weighted by Crippen LogP contribution is 2.26. The zero-order valence-electron chi connectivity index (χ0n) is 11.9. The number of aromatic amines is 1. The van der Waals surface area contributed by atoms with Gasteiger partial charge in [0.2, 0.25) is 0 Å². The number of rotatable bonds is 4. The molecule has 108 valence electrons. The average molecular weight is 302 g/mol. The number of nitrogens with one attached hydrogen (secondary N) is 2. The molecule has 0 bridgehead atoms. The van der Waals surface area contributed by atoms with Crippen LogP contribution in [0.3, 0.4) is 0 Å². The molecule has 2 heterocycles. The fraction of sp³-hybridized carbons (Fsp3) is 0.188. The molecule has 0 saturated heterocycles. The van der Waals surface area contributed by atoms with E-state index in [1.54, 1.807) is 6.20 Å². The third kappa shape index (κ3) is 2.95. The second-order valence-electron chi connectivity index (χ2n) is 5.02. The summed E-state index contributed by atoms with van der Waals surface area (Å²) in [6.45, 7) is 4.56. The molecule has 5 heteroatoms. The number of benzene rings is 1. The van der Waals surface area contributed by atoms with Crippen molar-refractivity contribution in [2.24, 2.45) is 0 Å². The highest BCUT2D eigenvalue weighted by Gasteiger charge is 2.11. The van der Waals surface area contributed by atoms with Crippen molar-refractivity contribution in [3.8, 4) is 11.5 Å². The van der Waals surface area contributed by atoms with E-state index in [0.29, 0.717) is 11.6 Å². The molecule has 2 N–H and O–H groups in total. The van der Waals surface area contributed by atoms with Crippen molar-refractivity contribution >= 4 is 17.3 Å². The van der Waals surface area contributed by atoms with E-state index in [1.165, 1.54) is 0 Å². The molecular weight excluding hydrogens is 286 g/mol. The van der Waals surface area contributed by atoms with Gasteiger partial charge in [-0.15, -0.1) is 0 Å². The Kier molecular flexibility index (Phi) is 3.71. The molecule has 0 spiro atoms. The van der Waals surface area contributed by atoms with Crippen molar-refractivity contribution in [2.75, 3.05) is 5.32 Å². The first-order valence-electron chi connectivity index (χ1n) is 6.72. The van der Waals surface area contributed by atoms with Crippen LogP contribution in [0.15, 0.2) is 40.9 Å². The van der Waals surface area contributed by atoms with Gasteiger partial charge >= 0.3 is 0 Å². The predicted octanol–water partition coefficient (Wildman–Crippen LogP) is 4.55. The minimum absolute atomic E-state index is 0.619. The molecule has 21 heavy (non-hydrogen) atoms. The SMILES string of the molecule is Cc1ccc(NCc2cn[nH]c2-c2ccc(C)o2)c(Cl)c1. The molecule has 2 aromatic heterocycles. The highest BCUT2D eigenvalue weighted by molar-refractivity contribution is 6.33. The largest absolute Gasteiger partial charge is 0.460 e. The first-order chi connectivity index (χ1) is 10.1. The predicted molar refractivity (Wildman–Crippen MR) is 84.5 cm³/mol. The maximum Gasteiger partial charge on any atom is 0.152 e. The second-order valence-corrected chi connectivity index (χ2v) is 5.42. The number of furan rings is 1. The molecule has 0 fully saturated rings. The summed E-state index contributed by atoms with van der Waals surface area (Å²) in [4.78, 5) is 0. The van der Waals surface area contributed by atoms with E-state index in [1.807, 2.05) is 44.2 Å². The maximum atomic E-state index is 6.23. The van der Waals surface area contributed by atoms with Gasteiger partial charge in [-0.1, -0.05) is 17.7 Å². The molecular formula is C16H16ClN3O. The van der Waals surface area contributed by atoms with Gasteiger partial charge in [0.05, 0.1) is 16.9 Å². The molecule has 0 atom stereocenters. The molecule has 0 aliphatic carbocycles. The minimum Gasteiger partial charge on any atom is -0.460 e. The van der Waals surface area contributed by atoms with Crippen LogP contribution in [-0.4, -0.2) is 10.2 Å². The van der Waals surface area contributed by atoms with Gasteiger partial charge in [0.1, 0.15) is 11.5 Å². The molecule has 0 aliphatic rings. The van der Waals surface area contributed by atoms with Crippen LogP contribution in [0.25, 0.3) is 11.5 Å². The van der Waals surface area contributed by atoms with Gasteiger partial charge < -0.3 is 9.73 Å². The number of nitrogens with zero attached hydrogens (tertiary/aromatic N) is 1. The van der Waals surface area contributed by atoms with E-state index in [-0.39, 0.29) is 0 Å². The van der Waals surface area contributed by atoms with Crippen LogP contribution < -0.4 is 5.32 Å². The standard InChI is InChI=1S/C16H16ClN3O/c1-10-3-5-14(13(17)7-10)18-8-12-9-19-20-16(12)15-6-4-11(2)21-15/h3-7,9,18H,8H2,1-2H3,(H,19,20). The summed E-state index contributed by atoms with van der Waals surface area (Å²) in [6.07, 6.45) is 1.79. The number of hydrogen-bond acceptors (Lipinski definition) is 3. The lowest BCUT2D eigenvalue weighted by atomic mass is 10.2. The molecule has 0 saturated carbocycles. The summed E-state index contributed by atoms with van der Waals surface area (Å²) in [6, 6.07) is 9.82. The summed E-state index contributed by atoms with van der Waals surface area (Å²) in [5.74, 6) is 1.66. The summed E-state index contributed by atoms with van der Waals surface area (Å²) in [7, 11) is 0. The number of hydrogen-bond donors (Lipinski definition) is 2. The van der Waals surface area contributed by atoms with E-state index in [9.17, 15) is 0 Å². The molecule has 0 aliphatic heterocycles. The van der Waals surface area contributed by atoms with E-state index in [4.69, 9.17) is 16.0 Å². The molecule has 3 rings (SSSR count). The molecule has 1 aromatic carbocycles. The van der Waals surface area contributed by atoms with Crippen LogP contribution in [0, 0.1) is 13.8 Å². The van der Waals surface area contributed by atoms with E-state index in [2.05, 4.69) is 15.5 Å². The van der Waals surface area contributed by atoms with Gasteiger partial charge in [0.15, 0.2) is 5.76 Å². The van der Waals surface area contributed by atoms with Crippen molar-refractivity contribution in [1.82, 2.24) is 10.2 Å². The molecule has 3 aromatic rings. The Labute approximate surface area is 128 Å². The van der Waals surface area contributed by atoms with Gasteiger partial charge in [-0.25, -0.2) is 0 Å². The third-order valence-corrected chi connectivity index (χ3v) is 3.61. The van der Waals surface area contributed by atoms with Gasteiger partial charge in [-0.05, 0) is 43.7 Å². The number of aromatic nitrogens is 2. The summed E-state index contributed by atoms with van der Waals surface area (Å²) >= 11 is 6.23. The topological polar surface area (TPSA) is 53.9 Å². The Morgan fingerprint density at radius 1 is 1.24 bits per heavy atom. The lowest BCUT2D eigenvalue weighted by molar-refractivity contribution is 0.545. The number of aryl methyl sites for hydroxylation is 2. The van der Waals surface area contributed by atoms with Gasteiger partial charge in [-0.3, -0.25) is 5.10 Å². The van der Waals surface area contributed by atoms with Crippen LogP contribution in [0.2, 0.25) is 5.02 Å². The molecule has 0 amide bonds. The average Bonchev–Trinajstić information content (AvgIpc) is 3.06. The molecule has 0 radical (unpaired) electrons. The first-order valence-corrected chi connectivity index (χ1v) is 7.10. The summed E-state index contributed by atoms with van der Waals surface area (Å²) < 4.78 is 5.63. The lowest BCUT2D eigenvalue weighted by Gasteiger charge is -2.08. The fourth-order valence-corrected chi connectivity index (χ4v) is 2.48. The van der Waals surface area contributed by atoms with E-state index in [0.717, 1.165) is 34.0 Å². The fourth-order valence-electron chi connectivity index (χ4n) is 2.18.